The van der Waals surface area contributed by atoms with E-state index in [1.807, 2.05) is 60.7 Å². The topological polar surface area (TPSA) is 64.7 Å². The summed E-state index contributed by atoms with van der Waals surface area (Å²) in [5.41, 5.74) is 1.84. The molecule has 3 rings (SSSR count). The van der Waals surface area contributed by atoms with Crippen molar-refractivity contribution in [1.82, 2.24) is 15.1 Å². The lowest BCUT2D eigenvalue weighted by molar-refractivity contribution is -0.128. The fourth-order valence-corrected chi connectivity index (χ4v) is 4.19. The van der Waals surface area contributed by atoms with Gasteiger partial charge in [0.05, 0.1) is 6.54 Å². The summed E-state index contributed by atoms with van der Waals surface area (Å²) in [6.07, 6.45) is 1.70. The minimum atomic E-state index is -0.272. The van der Waals surface area contributed by atoms with Crippen molar-refractivity contribution in [3.05, 3.63) is 66.2 Å². The van der Waals surface area contributed by atoms with Crippen LogP contribution in [0.4, 0.5) is 5.69 Å². The fraction of sp³-hybridized carbons (Fsp3) is 0.440. The van der Waals surface area contributed by atoms with Crippen LogP contribution in [0.5, 0.6) is 0 Å². The Balaban J connectivity index is 1.51. The van der Waals surface area contributed by atoms with Crippen molar-refractivity contribution in [3.8, 4) is 0 Å². The summed E-state index contributed by atoms with van der Waals surface area (Å²) in [5, 5.41) is 6.21. The highest BCUT2D eigenvalue weighted by atomic mass is 16.2. The number of hydrogen-bond donors (Lipinski definition) is 2. The second-order valence-electron chi connectivity index (χ2n) is 8.01. The number of anilines is 1. The smallest absolute Gasteiger partial charge is 0.242 e. The van der Waals surface area contributed by atoms with E-state index in [1.165, 1.54) is 0 Å². The molecule has 1 aliphatic heterocycles. The van der Waals surface area contributed by atoms with Crippen LogP contribution in [0.25, 0.3) is 0 Å². The first-order valence-corrected chi connectivity index (χ1v) is 11.3. The average molecular weight is 423 g/mol. The van der Waals surface area contributed by atoms with E-state index < -0.39 is 0 Å². The number of likely N-dealkylation sites (tertiary alicyclic amines) is 1. The molecule has 1 fully saturated rings. The highest BCUT2D eigenvalue weighted by Crippen LogP contribution is 2.22. The second-order valence-corrected chi connectivity index (χ2v) is 8.01. The van der Waals surface area contributed by atoms with E-state index in [0.29, 0.717) is 6.54 Å². The molecular weight excluding hydrogens is 388 g/mol. The Morgan fingerprint density at radius 1 is 0.968 bits per heavy atom. The van der Waals surface area contributed by atoms with Crippen LogP contribution < -0.4 is 10.6 Å². The lowest BCUT2D eigenvalue weighted by Crippen LogP contribution is -2.49. The zero-order chi connectivity index (χ0) is 22.1. The molecule has 166 valence electrons. The third-order valence-corrected chi connectivity index (χ3v) is 5.90. The van der Waals surface area contributed by atoms with Gasteiger partial charge in [0.25, 0.3) is 0 Å². The van der Waals surface area contributed by atoms with Crippen molar-refractivity contribution in [2.24, 2.45) is 0 Å². The van der Waals surface area contributed by atoms with Crippen LogP contribution in [-0.4, -0.2) is 60.4 Å². The molecule has 0 bridgehead atoms. The molecular formula is C25H34N4O2. The third kappa shape index (κ3) is 6.64. The van der Waals surface area contributed by atoms with Gasteiger partial charge in [-0.25, -0.2) is 0 Å². The lowest BCUT2D eigenvalue weighted by Gasteiger charge is -2.34. The highest BCUT2D eigenvalue weighted by Gasteiger charge is 2.29. The number of amides is 2. The molecule has 0 spiro atoms. The Labute approximate surface area is 185 Å². The van der Waals surface area contributed by atoms with Gasteiger partial charge in [-0.2, -0.15) is 0 Å². The summed E-state index contributed by atoms with van der Waals surface area (Å²) in [5.74, 6) is 0.0644. The quantitative estimate of drug-likeness (QED) is 0.651. The van der Waals surface area contributed by atoms with Gasteiger partial charge >= 0.3 is 0 Å². The summed E-state index contributed by atoms with van der Waals surface area (Å²) < 4.78 is 0. The molecule has 2 amide bonds. The van der Waals surface area contributed by atoms with Crippen LogP contribution >= 0.6 is 0 Å². The molecule has 1 aliphatic rings. The molecule has 1 unspecified atom stereocenters. The average Bonchev–Trinajstić information content (AvgIpc) is 2.79. The molecule has 1 saturated heterocycles. The van der Waals surface area contributed by atoms with Gasteiger partial charge in [0.15, 0.2) is 0 Å². The zero-order valence-electron chi connectivity index (χ0n) is 18.6. The molecule has 0 aromatic heterocycles. The molecule has 2 N–H and O–H groups in total. The van der Waals surface area contributed by atoms with Crippen molar-refractivity contribution in [1.29, 1.82) is 0 Å². The Kier molecular flexibility index (Phi) is 8.62. The molecule has 1 atom stereocenters. The standard InChI is InChI=1S/C25H34N4O2/c1-3-29(4-2)24(20-11-7-5-8-12-20)25(31)27-22-15-17-28(18-16-22)19-23(30)26-21-13-9-6-10-14-21/h5-14,22,24H,3-4,15-19H2,1-2H3,(H,26,30)(H,27,31). The van der Waals surface area contributed by atoms with Crippen LogP contribution in [0.15, 0.2) is 60.7 Å². The third-order valence-electron chi connectivity index (χ3n) is 5.90. The number of piperidine rings is 1. The normalized spacial score (nSPS) is 16.1. The number of para-hydroxylation sites is 1. The number of likely N-dealkylation sites (N-methyl/N-ethyl adjacent to an activating group) is 1. The van der Waals surface area contributed by atoms with E-state index in [0.717, 1.165) is 50.3 Å². The molecule has 0 aliphatic carbocycles. The first-order valence-electron chi connectivity index (χ1n) is 11.3. The SMILES string of the molecule is CCN(CC)C(C(=O)NC1CCN(CC(=O)Nc2ccccc2)CC1)c1ccccc1. The maximum absolute atomic E-state index is 13.2. The molecule has 2 aromatic rings. The number of benzene rings is 2. The maximum Gasteiger partial charge on any atom is 0.242 e. The van der Waals surface area contributed by atoms with E-state index in [-0.39, 0.29) is 23.9 Å². The molecule has 6 nitrogen and oxygen atoms in total. The molecule has 2 aromatic carbocycles. The zero-order valence-corrected chi connectivity index (χ0v) is 18.6. The first-order chi connectivity index (χ1) is 15.1. The highest BCUT2D eigenvalue weighted by molar-refractivity contribution is 5.92. The Hall–Kier alpha value is -2.70. The summed E-state index contributed by atoms with van der Waals surface area (Å²) in [6.45, 7) is 7.79. The van der Waals surface area contributed by atoms with E-state index in [9.17, 15) is 9.59 Å². The van der Waals surface area contributed by atoms with Gasteiger partial charge in [-0.15, -0.1) is 0 Å². The van der Waals surface area contributed by atoms with E-state index in [4.69, 9.17) is 0 Å². The molecule has 31 heavy (non-hydrogen) atoms. The Bertz CT molecular complexity index is 816. The first kappa shape index (κ1) is 23.0. The van der Waals surface area contributed by atoms with Gasteiger partial charge in [-0.05, 0) is 43.6 Å². The summed E-state index contributed by atoms with van der Waals surface area (Å²) >= 11 is 0. The predicted molar refractivity (Wildman–Crippen MR) is 125 cm³/mol. The van der Waals surface area contributed by atoms with Gasteiger partial charge in [-0.3, -0.25) is 19.4 Å². The van der Waals surface area contributed by atoms with Crippen LogP contribution in [-0.2, 0) is 9.59 Å². The largest absolute Gasteiger partial charge is 0.352 e. The van der Waals surface area contributed by atoms with Crippen molar-refractivity contribution in [2.45, 2.75) is 38.8 Å². The van der Waals surface area contributed by atoms with Gasteiger partial charge < -0.3 is 10.6 Å². The number of hydrogen-bond acceptors (Lipinski definition) is 4. The number of nitrogens with zero attached hydrogens (tertiary/aromatic N) is 2. The molecule has 0 radical (unpaired) electrons. The van der Waals surface area contributed by atoms with Gasteiger partial charge in [0, 0.05) is 24.8 Å². The summed E-state index contributed by atoms with van der Waals surface area (Å²) in [6, 6.07) is 19.4. The number of carbonyl (C=O) groups excluding carboxylic acids is 2. The second kappa shape index (κ2) is 11.6. The minimum Gasteiger partial charge on any atom is -0.352 e. The van der Waals surface area contributed by atoms with Gasteiger partial charge in [0.1, 0.15) is 6.04 Å². The number of carbonyl (C=O) groups is 2. The molecule has 0 saturated carbocycles. The number of rotatable bonds is 9. The van der Waals surface area contributed by atoms with Crippen molar-refractivity contribution < 1.29 is 9.59 Å². The van der Waals surface area contributed by atoms with Crippen LogP contribution in [0.1, 0.15) is 38.3 Å². The van der Waals surface area contributed by atoms with Crippen molar-refractivity contribution >= 4 is 17.5 Å². The summed E-state index contributed by atoms with van der Waals surface area (Å²) in [7, 11) is 0. The number of nitrogens with one attached hydrogen (secondary N) is 2. The van der Waals surface area contributed by atoms with Crippen LogP contribution in [0.3, 0.4) is 0 Å². The monoisotopic (exact) mass is 422 g/mol. The summed E-state index contributed by atoms with van der Waals surface area (Å²) in [4.78, 5) is 29.8. The van der Waals surface area contributed by atoms with Crippen LogP contribution in [0.2, 0.25) is 0 Å². The van der Waals surface area contributed by atoms with Gasteiger partial charge in [0.2, 0.25) is 11.8 Å². The molecule has 1 heterocycles. The van der Waals surface area contributed by atoms with E-state index in [1.54, 1.807) is 0 Å². The van der Waals surface area contributed by atoms with Crippen molar-refractivity contribution in [3.63, 3.8) is 0 Å². The van der Waals surface area contributed by atoms with E-state index in [2.05, 4.69) is 34.3 Å². The lowest BCUT2D eigenvalue weighted by atomic mass is 10.0. The van der Waals surface area contributed by atoms with Crippen LogP contribution in [0, 0.1) is 0 Å². The molecule has 6 heteroatoms. The predicted octanol–water partition coefficient (Wildman–Crippen LogP) is 3.29. The van der Waals surface area contributed by atoms with Crippen molar-refractivity contribution in [2.75, 3.05) is 38.0 Å². The maximum atomic E-state index is 13.2. The Morgan fingerprint density at radius 3 is 2.13 bits per heavy atom. The minimum absolute atomic E-state index is 0.000592. The Morgan fingerprint density at radius 2 is 1.55 bits per heavy atom. The van der Waals surface area contributed by atoms with Gasteiger partial charge in [-0.1, -0.05) is 62.4 Å². The van der Waals surface area contributed by atoms with E-state index >= 15 is 0 Å². The fourth-order valence-electron chi connectivity index (χ4n) is 4.19.